The smallest absolute Gasteiger partial charge is 0.326 e. The zero-order valence-electron chi connectivity index (χ0n) is 8.23. The lowest BCUT2D eigenvalue weighted by atomic mass is 9.84. The van der Waals surface area contributed by atoms with Gasteiger partial charge in [0.15, 0.2) is 0 Å². The SMILES string of the molecule is NC(=O)C[C@H](NC(=O)C1CCC1)C(=O)O. The van der Waals surface area contributed by atoms with Gasteiger partial charge in [-0.1, -0.05) is 6.42 Å². The minimum Gasteiger partial charge on any atom is -0.480 e. The quantitative estimate of drug-likeness (QED) is 0.558. The fraction of sp³-hybridized carbons (Fsp3) is 0.667. The Balaban J connectivity index is 2.46. The highest BCUT2D eigenvalue weighted by Crippen LogP contribution is 2.26. The van der Waals surface area contributed by atoms with Gasteiger partial charge in [0.25, 0.3) is 0 Å². The van der Waals surface area contributed by atoms with Crippen molar-refractivity contribution in [2.75, 3.05) is 0 Å². The number of amides is 2. The van der Waals surface area contributed by atoms with Crippen molar-refractivity contribution in [3.63, 3.8) is 0 Å². The van der Waals surface area contributed by atoms with Crippen LogP contribution in [0.1, 0.15) is 25.7 Å². The summed E-state index contributed by atoms with van der Waals surface area (Å²) in [5.74, 6) is -2.37. The summed E-state index contributed by atoms with van der Waals surface area (Å²) in [7, 11) is 0. The lowest BCUT2D eigenvalue weighted by Gasteiger charge is -2.25. The van der Waals surface area contributed by atoms with Crippen LogP contribution in [-0.2, 0) is 14.4 Å². The Hall–Kier alpha value is -1.59. The summed E-state index contributed by atoms with van der Waals surface area (Å²) in [5, 5.41) is 11.0. The molecular formula is C9H14N2O4. The van der Waals surface area contributed by atoms with Crippen LogP contribution in [0.5, 0.6) is 0 Å². The van der Waals surface area contributed by atoms with E-state index < -0.39 is 17.9 Å². The van der Waals surface area contributed by atoms with Crippen LogP contribution in [0.2, 0.25) is 0 Å². The second kappa shape index (κ2) is 4.77. The molecule has 0 aromatic rings. The van der Waals surface area contributed by atoms with Crippen LogP contribution in [0.4, 0.5) is 0 Å². The molecule has 1 atom stereocenters. The fourth-order valence-corrected chi connectivity index (χ4v) is 1.36. The number of rotatable bonds is 5. The molecule has 6 heteroatoms. The van der Waals surface area contributed by atoms with Crippen molar-refractivity contribution in [1.82, 2.24) is 5.32 Å². The lowest BCUT2D eigenvalue weighted by Crippen LogP contribution is -2.46. The van der Waals surface area contributed by atoms with E-state index in [1.807, 2.05) is 0 Å². The molecule has 6 nitrogen and oxygen atoms in total. The normalized spacial score (nSPS) is 17.6. The van der Waals surface area contributed by atoms with E-state index in [4.69, 9.17) is 10.8 Å². The summed E-state index contributed by atoms with van der Waals surface area (Å²) in [4.78, 5) is 32.6. The third kappa shape index (κ3) is 3.23. The van der Waals surface area contributed by atoms with Crippen LogP contribution in [0.3, 0.4) is 0 Å². The molecule has 0 aliphatic heterocycles. The Morgan fingerprint density at radius 3 is 2.33 bits per heavy atom. The molecule has 0 radical (unpaired) electrons. The van der Waals surface area contributed by atoms with Gasteiger partial charge in [0.2, 0.25) is 11.8 Å². The Bertz CT molecular complexity index is 286. The standard InChI is InChI=1S/C9H14N2O4/c10-7(12)4-6(9(14)15)11-8(13)5-2-1-3-5/h5-6H,1-4H2,(H2,10,12)(H,11,13)(H,14,15)/t6-/m0/s1. The van der Waals surface area contributed by atoms with Gasteiger partial charge in [0.05, 0.1) is 6.42 Å². The van der Waals surface area contributed by atoms with E-state index >= 15 is 0 Å². The molecule has 0 bridgehead atoms. The summed E-state index contributed by atoms with van der Waals surface area (Å²) in [6, 6.07) is -1.20. The molecule has 0 saturated heterocycles. The number of carbonyl (C=O) groups excluding carboxylic acids is 2. The molecule has 1 aliphatic rings. The van der Waals surface area contributed by atoms with E-state index in [9.17, 15) is 14.4 Å². The molecule has 0 unspecified atom stereocenters. The van der Waals surface area contributed by atoms with Gasteiger partial charge in [0.1, 0.15) is 6.04 Å². The predicted molar refractivity (Wildman–Crippen MR) is 50.7 cm³/mol. The molecule has 1 rings (SSSR count). The average Bonchev–Trinajstić information content (AvgIpc) is 1.98. The highest BCUT2D eigenvalue weighted by atomic mass is 16.4. The van der Waals surface area contributed by atoms with Crippen LogP contribution in [0.15, 0.2) is 0 Å². The van der Waals surface area contributed by atoms with E-state index in [-0.39, 0.29) is 18.2 Å². The Morgan fingerprint density at radius 2 is 2.00 bits per heavy atom. The monoisotopic (exact) mass is 214 g/mol. The van der Waals surface area contributed by atoms with E-state index in [0.29, 0.717) is 0 Å². The maximum Gasteiger partial charge on any atom is 0.326 e. The number of carboxylic acids is 1. The minimum atomic E-state index is -1.23. The first-order valence-corrected chi connectivity index (χ1v) is 4.82. The molecular weight excluding hydrogens is 200 g/mol. The van der Waals surface area contributed by atoms with Crippen molar-refractivity contribution in [2.24, 2.45) is 11.7 Å². The third-order valence-corrected chi connectivity index (χ3v) is 2.50. The molecule has 0 aromatic carbocycles. The summed E-state index contributed by atoms with van der Waals surface area (Å²) in [6.07, 6.45) is 2.20. The molecule has 4 N–H and O–H groups in total. The fourth-order valence-electron chi connectivity index (χ4n) is 1.36. The van der Waals surface area contributed by atoms with Gasteiger partial charge in [-0.15, -0.1) is 0 Å². The van der Waals surface area contributed by atoms with Gasteiger partial charge in [-0.05, 0) is 12.8 Å². The number of nitrogens with one attached hydrogen (secondary N) is 1. The first-order chi connectivity index (χ1) is 7.00. The number of hydrogen-bond donors (Lipinski definition) is 3. The van der Waals surface area contributed by atoms with Crippen LogP contribution in [0, 0.1) is 5.92 Å². The molecule has 2 amide bonds. The Morgan fingerprint density at radius 1 is 1.40 bits per heavy atom. The number of nitrogens with two attached hydrogens (primary N) is 1. The van der Waals surface area contributed by atoms with Crippen LogP contribution in [0.25, 0.3) is 0 Å². The molecule has 0 spiro atoms. The predicted octanol–water partition coefficient (Wildman–Crippen LogP) is -0.769. The second-order valence-corrected chi connectivity index (χ2v) is 3.70. The van der Waals surface area contributed by atoms with Crippen molar-refractivity contribution in [3.05, 3.63) is 0 Å². The number of hydrogen-bond acceptors (Lipinski definition) is 3. The molecule has 15 heavy (non-hydrogen) atoms. The first kappa shape index (κ1) is 11.5. The zero-order valence-corrected chi connectivity index (χ0v) is 8.23. The van der Waals surface area contributed by atoms with Gasteiger partial charge >= 0.3 is 5.97 Å². The van der Waals surface area contributed by atoms with Crippen molar-refractivity contribution in [1.29, 1.82) is 0 Å². The summed E-state index contributed by atoms with van der Waals surface area (Å²) >= 11 is 0. The van der Waals surface area contributed by atoms with Crippen molar-refractivity contribution >= 4 is 17.8 Å². The van der Waals surface area contributed by atoms with E-state index in [1.165, 1.54) is 0 Å². The molecule has 1 aliphatic carbocycles. The van der Waals surface area contributed by atoms with Crippen molar-refractivity contribution in [3.8, 4) is 0 Å². The van der Waals surface area contributed by atoms with Crippen LogP contribution in [-0.4, -0.2) is 28.9 Å². The first-order valence-electron chi connectivity index (χ1n) is 4.82. The number of aliphatic carboxylic acids is 1. The second-order valence-electron chi connectivity index (χ2n) is 3.70. The van der Waals surface area contributed by atoms with Gasteiger partial charge in [-0.3, -0.25) is 9.59 Å². The highest BCUT2D eigenvalue weighted by molar-refractivity contribution is 5.89. The summed E-state index contributed by atoms with van der Waals surface area (Å²) in [5.41, 5.74) is 4.88. The Kier molecular flexibility index (Phi) is 3.65. The zero-order chi connectivity index (χ0) is 11.4. The van der Waals surface area contributed by atoms with Gasteiger partial charge in [-0.2, -0.15) is 0 Å². The number of primary amides is 1. The average molecular weight is 214 g/mol. The molecule has 1 saturated carbocycles. The van der Waals surface area contributed by atoms with E-state index in [2.05, 4.69) is 5.32 Å². The molecule has 0 heterocycles. The summed E-state index contributed by atoms with van der Waals surface area (Å²) in [6.45, 7) is 0. The van der Waals surface area contributed by atoms with Gasteiger partial charge in [-0.25, -0.2) is 4.79 Å². The molecule has 84 valence electrons. The molecule has 1 fully saturated rings. The molecule has 0 aromatic heterocycles. The lowest BCUT2D eigenvalue weighted by molar-refractivity contribution is -0.144. The largest absolute Gasteiger partial charge is 0.480 e. The van der Waals surface area contributed by atoms with E-state index in [1.54, 1.807) is 0 Å². The Labute approximate surface area is 86.8 Å². The maximum atomic E-state index is 11.4. The minimum absolute atomic E-state index is 0.0975. The van der Waals surface area contributed by atoms with Crippen LogP contribution < -0.4 is 11.1 Å². The third-order valence-electron chi connectivity index (χ3n) is 2.50. The highest BCUT2D eigenvalue weighted by Gasteiger charge is 2.29. The van der Waals surface area contributed by atoms with Gasteiger partial charge in [0, 0.05) is 5.92 Å². The van der Waals surface area contributed by atoms with Crippen LogP contribution >= 0.6 is 0 Å². The van der Waals surface area contributed by atoms with Crippen molar-refractivity contribution < 1.29 is 19.5 Å². The maximum absolute atomic E-state index is 11.4. The summed E-state index contributed by atoms with van der Waals surface area (Å²) < 4.78 is 0. The van der Waals surface area contributed by atoms with E-state index in [0.717, 1.165) is 19.3 Å². The number of carbonyl (C=O) groups is 3. The van der Waals surface area contributed by atoms with Gasteiger partial charge < -0.3 is 16.2 Å². The number of carboxylic acid groups (broad SMARTS) is 1. The van der Waals surface area contributed by atoms with Crippen molar-refractivity contribution in [2.45, 2.75) is 31.7 Å². The topological polar surface area (TPSA) is 109 Å².